The van der Waals surface area contributed by atoms with Gasteiger partial charge in [0, 0.05) is 11.1 Å². The summed E-state index contributed by atoms with van der Waals surface area (Å²) in [6, 6.07) is 12.0. The number of halogens is 2. The average molecular weight is 490 g/mol. The monoisotopic (exact) mass is 488 g/mol. The molecule has 140 valence electrons. The number of Topliss-reactive ketones (excluding diaryl/α,β-unsaturated/α-hetero) is 2. The number of rotatable bonds is 5. The lowest BCUT2D eigenvalue weighted by Crippen LogP contribution is -2.16. The highest BCUT2D eigenvalue weighted by Gasteiger charge is 2.41. The van der Waals surface area contributed by atoms with Crippen LogP contribution in [0.5, 0.6) is 0 Å². The Labute approximate surface area is 177 Å². The molecule has 1 fully saturated rings. The minimum absolute atomic E-state index is 0.0925. The molecule has 0 unspecified atom stereocenters. The third kappa shape index (κ3) is 3.47. The van der Waals surface area contributed by atoms with Gasteiger partial charge in [-0.1, -0.05) is 81.1 Å². The van der Waals surface area contributed by atoms with Gasteiger partial charge in [0.05, 0.1) is 10.7 Å². The standard InChI is InChI=1S/C23H22Br2O2/c24-13-21(26)16-5-3-15(4-6-16)17-7-8-18(22(27)14-25)20-12-23(11-19(17)20)9-1-2-10-23/h3-8H,1-2,9-14H2. The number of benzene rings is 2. The molecule has 0 amide bonds. The zero-order valence-electron chi connectivity index (χ0n) is 15.2. The molecule has 0 radical (unpaired) electrons. The summed E-state index contributed by atoms with van der Waals surface area (Å²) < 4.78 is 0. The zero-order chi connectivity index (χ0) is 19.0. The molecule has 2 nitrogen and oxygen atoms in total. The van der Waals surface area contributed by atoms with Crippen LogP contribution in [-0.4, -0.2) is 22.2 Å². The normalized spacial score (nSPS) is 17.3. The summed E-state index contributed by atoms with van der Waals surface area (Å²) in [5, 5.41) is 0.711. The average Bonchev–Trinajstić information content (AvgIpc) is 3.32. The number of hydrogen-bond donors (Lipinski definition) is 0. The Balaban J connectivity index is 1.78. The fourth-order valence-corrected chi connectivity index (χ4v) is 5.53. The number of fused-ring (bicyclic) bond motifs is 1. The van der Waals surface area contributed by atoms with Crippen LogP contribution in [0.3, 0.4) is 0 Å². The van der Waals surface area contributed by atoms with Crippen LogP contribution in [0, 0.1) is 5.41 Å². The van der Waals surface area contributed by atoms with Gasteiger partial charge in [0.2, 0.25) is 0 Å². The van der Waals surface area contributed by atoms with Crippen molar-refractivity contribution < 1.29 is 9.59 Å². The number of hydrogen-bond acceptors (Lipinski definition) is 2. The summed E-state index contributed by atoms with van der Waals surface area (Å²) in [6.07, 6.45) is 7.24. The molecule has 2 aromatic carbocycles. The van der Waals surface area contributed by atoms with Crippen LogP contribution < -0.4 is 0 Å². The van der Waals surface area contributed by atoms with Crippen molar-refractivity contribution in [3.63, 3.8) is 0 Å². The van der Waals surface area contributed by atoms with Crippen molar-refractivity contribution in [3.8, 4) is 11.1 Å². The van der Waals surface area contributed by atoms with Crippen LogP contribution in [0.1, 0.15) is 57.5 Å². The summed E-state index contributed by atoms with van der Waals surface area (Å²) in [6.45, 7) is 0. The van der Waals surface area contributed by atoms with Crippen molar-refractivity contribution >= 4 is 43.4 Å². The van der Waals surface area contributed by atoms with Gasteiger partial charge < -0.3 is 0 Å². The Kier molecular flexibility index (Phi) is 5.39. The maximum absolute atomic E-state index is 12.5. The van der Waals surface area contributed by atoms with E-state index in [1.54, 1.807) is 0 Å². The van der Waals surface area contributed by atoms with Gasteiger partial charge in [0.15, 0.2) is 11.6 Å². The molecule has 2 aliphatic rings. The SMILES string of the molecule is O=C(CBr)c1ccc(-c2ccc(C(=O)CBr)c3c2CC2(CCCC2)C3)cc1. The van der Waals surface area contributed by atoms with Gasteiger partial charge >= 0.3 is 0 Å². The van der Waals surface area contributed by atoms with Gasteiger partial charge in [-0.3, -0.25) is 9.59 Å². The molecular weight excluding hydrogens is 468 g/mol. The minimum Gasteiger partial charge on any atom is -0.293 e. The van der Waals surface area contributed by atoms with Crippen molar-refractivity contribution in [3.05, 3.63) is 58.7 Å². The fourth-order valence-electron chi connectivity index (χ4n) is 4.90. The highest BCUT2D eigenvalue weighted by molar-refractivity contribution is 9.09. The van der Waals surface area contributed by atoms with Gasteiger partial charge in [-0.05, 0) is 53.4 Å². The van der Waals surface area contributed by atoms with E-state index in [0.717, 1.165) is 29.5 Å². The Bertz CT molecular complexity index is 893. The second-order valence-corrected chi connectivity index (χ2v) is 8.99. The molecule has 4 heteroatoms. The van der Waals surface area contributed by atoms with E-state index in [9.17, 15) is 9.59 Å². The van der Waals surface area contributed by atoms with Crippen LogP contribution in [0.4, 0.5) is 0 Å². The number of alkyl halides is 2. The molecule has 27 heavy (non-hydrogen) atoms. The first-order valence-corrected chi connectivity index (χ1v) is 11.7. The van der Waals surface area contributed by atoms with E-state index in [2.05, 4.69) is 37.9 Å². The minimum atomic E-state index is 0.0925. The molecule has 2 aliphatic carbocycles. The second-order valence-electron chi connectivity index (χ2n) is 7.87. The fraction of sp³-hybridized carbons (Fsp3) is 0.391. The molecule has 1 saturated carbocycles. The lowest BCUT2D eigenvalue weighted by molar-refractivity contribution is 0.101. The van der Waals surface area contributed by atoms with Crippen molar-refractivity contribution in [1.29, 1.82) is 0 Å². The van der Waals surface area contributed by atoms with Crippen molar-refractivity contribution in [1.82, 2.24) is 0 Å². The van der Waals surface area contributed by atoms with Gasteiger partial charge in [0.25, 0.3) is 0 Å². The van der Waals surface area contributed by atoms with E-state index in [-0.39, 0.29) is 11.6 Å². The summed E-state index contributed by atoms with van der Waals surface area (Å²) in [4.78, 5) is 24.4. The molecule has 0 saturated heterocycles. The summed E-state index contributed by atoms with van der Waals surface area (Å²) in [7, 11) is 0. The van der Waals surface area contributed by atoms with E-state index in [0.29, 0.717) is 16.1 Å². The molecule has 0 bridgehead atoms. The number of carbonyl (C=O) groups excluding carboxylic acids is 2. The predicted molar refractivity (Wildman–Crippen MR) is 116 cm³/mol. The molecule has 0 heterocycles. The molecule has 0 atom stereocenters. The number of ketones is 2. The third-order valence-electron chi connectivity index (χ3n) is 6.26. The summed E-state index contributed by atoms with van der Waals surface area (Å²) >= 11 is 6.57. The van der Waals surface area contributed by atoms with Crippen LogP contribution in [0.15, 0.2) is 36.4 Å². The Morgan fingerprint density at radius 3 is 2.07 bits per heavy atom. The van der Waals surface area contributed by atoms with Crippen molar-refractivity contribution in [2.24, 2.45) is 5.41 Å². The highest BCUT2D eigenvalue weighted by atomic mass is 79.9. The second kappa shape index (κ2) is 7.63. The first-order valence-electron chi connectivity index (χ1n) is 9.50. The van der Waals surface area contributed by atoms with E-state index in [1.165, 1.54) is 42.4 Å². The molecule has 0 aromatic heterocycles. The van der Waals surface area contributed by atoms with Crippen molar-refractivity contribution in [2.75, 3.05) is 10.7 Å². The quantitative estimate of drug-likeness (QED) is 0.371. The third-order valence-corrected chi connectivity index (χ3v) is 7.28. The Morgan fingerprint density at radius 1 is 0.815 bits per heavy atom. The lowest BCUT2D eigenvalue weighted by Gasteiger charge is -2.21. The molecule has 1 spiro atoms. The molecule has 4 rings (SSSR count). The zero-order valence-corrected chi connectivity index (χ0v) is 18.4. The Hall–Kier alpha value is -1.26. The molecule has 0 aliphatic heterocycles. The smallest absolute Gasteiger partial charge is 0.173 e. The highest BCUT2D eigenvalue weighted by Crippen LogP contribution is 2.51. The Morgan fingerprint density at radius 2 is 1.44 bits per heavy atom. The van der Waals surface area contributed by atoms with Gasteiger partial charge in [-0.25, -0.2) is 0 Å². The van der Waals surface area contributed by atoms with E-state index >= 15 is 0 Å². The maximum Gasteiger partial charge on any atom is 0.173 e. The molecule has 0 N–H and O–H groups in total. The van der Waals surface area contributed by atoms with Crippen LogP contribution in [0.2, 0.25) is 0 Å². The predicted octanol–water partition coefficient (Wildman–Crippen LogP) is 6.17. The first-order chi connectivity index (χ1) is 13.1. The lowest BCUT2D eigenvalue weighted by atomic mass is 9.82. The van der Waals surface area contributed by atoms with Crippen LogP contribution in [-0.2, 0) is 12.8 Å². The largest absolute Gasteiger partial charge is 0.293 e. The summed E-state index contributed by atoms with van der Waals surface area (Å²) in [5.41, 5.74) is 6.93. The number of carbonyl (C=O) groups is 2. The van der Waals surface area contributed by atoms with Crippen molar-refractivity contribution in [2.45, 2.75) is 38.5 Å². The van der Waals surface area contributed by atoms with Gasteiger partial charge in [-0.15, -0.1) is 0 Å². The first kappa shape index (κ1) is 19.1. The van der Waals surface area contributed by atoms with Crippen LogP contribution in [0.25, 0.3) is 11.1 Å². The van der Waals surface area contributed by atoms with Gasteiger partial charge in [0.1, 0.15) is 0 Å². The summed E-state index contributed by atoms with van der Waals surface area (Å²) in [5.74, 6) is 0.265. The molecular formula is C23H22Br2O2. The molecule has 2 aromatic rings. The van der Waals surface area contributed by atoms with E-state index < -0.39 is 0 Å². The van der Waals surface area contributed by atoms with Gasteiger partial charge in [-0.2, -0.15) is 0 Å². The topological polar surface area (TPSA) is 34.1 Å². The van der Waals surface area contributed by atoms with E-state index in [4.69, 9.17) is 0 Å². The van der Waals surface area contributed by atoms with Crippen LogP contribution >= 0.6 is 31.9 Å². The maximum atomic E-state index is 12.5. The van der Waals surface area contributed by atoms with E-state index in [1.807, 2.05) is 30.3 Å².